The summed E-state index contributed by atoms with van der Waals surface area (Å²) in [5, 5.41) is 10.7. The zero-order valence-corrected chi connectivity index (χ0v) is 40.5. The highest BCUT2D eigenvalue weighted by molar-refractivity contribution is 5.96. The number of hydrogen-bond acceptors (Lipinski definition) is 15. The smallest absolute Gasteiger partial charge is 0.229 e. The lowest BCUT2D eigenvalue weighted by atomic mass is 10.1. The highest BCUT2D eigenvalue weighted by Crippen LogP contribution is 2.37. The molecule has 0 saturated carbocycles. The lowest BCUT2D eigenvalue weighted by Crippen LogP contribution is -2.45. The monoisotopic (exact) mass is 907 g/mol. The lowest BCUT2D eigenvalue weighted by Gasteiger charge is -2.33. The van der Waals surface area contributed by atoms with Crippen molar-refractivity contribution in [3.05, 3.63) is 95.8 Å². The predicted octanol–water partition coefficient (Wildman–Crippen LogP) is 7.21. The molecule has 16 nitrogen and oxygen atoms in total. The van der Waals surface area contributed by atoms with Crippen LogP contribution in [-0.2, 0) is 19.6 Å². The van der Waals surface area contributed by atoms with Gasteiger partial charge in [0.2, 0.25) is 5.95 Å². The minimum Gasteiger partial charge on any atom is -0.338 e. The van der Waals surface area contributed by atoms with Gasteiger partial charge in [0.15, 0.2) is 0 Å². The molecule has 16 heteroatoms. The number of nitrogens with one attached hydrogen (secondary N) is 3. The molecule has 0 amide bonds. The van der Waals surface area contributed by atoms with E-state index >= 15 is 0 Å². The molecule has 67 heavy (non-hydrogen) atoms. The minimum atomic E-state index is 0.179. The Morgan fingerprint density at radius 2 is 0.925 bits per heavy atom. The molecule has 0 atom stereocenters. The summed E-state index contributed by atoms with van der Waals surface area (Å²) in [5.74, 6) is 3.54. The van der Waals surface area contributed by atoms with Crippen LogP contribution in [0.5, 0.6) is 0 Å². The first-order valence-corrected chi connectivity index (χ1v) is 24.6. The molecular formula is C51H70N16. The number of benzene rings is 1. The number of rotatable bonds is 17. The molecule has 3 N–H and O–H groups in total. The van der Waals surface area contributed by atoms with E-state index in [1.165, 1.54) is 16.7 Å². The second-order valence-electron chi connectivity index (χ2n) is 18.6. The van der Waals surface area contributed by atoms with E-state index < -0.39 is 0 Å². The summed E-state index contributed by atoms with van der Waals surface area (Å²) in [6.45, 7) is 32.3. The molecular weight excluding hydrogens is 837 g/mol. The molecule has 3 aliphatic heterocycles. The van der Waals surface area contributed by atoms with Gasteiger partial charge < -0.3 is 35.2 Å². The van der Waals surface area contributed by atoms with E-state index in [1.54, 1.807) is 0 Å². The number of likely N-dealkylation sites (N-methyl/N-ethyl adjacent to an activating group) is 3. The maximum atomic E-state index is 5.23. The number of hydrogen-bond donors (Lipinski definition) is 3. The van der Waals surface area contributed by atoms with Crippen LogP contribution in [-0.4, -0.2) is 162 Å². The van der Waals surface area contributed by atoms with E-state index in [2.05, 4.69) is 134 Å². The van der Waals surface area contributed by atoms with Gasteiger partial charge in [0.25, 0.3) is 0 Å². The lowest BCUT2D eigenvalue weighted by molar-refractivity contribution is 0.132. The van der Waals surface area contributed by atoms with Gasteiger partial charge in [-0.2, -0.15) is 0 Å². The SMILES string of the molecule is CCN1CCN(Cc2ccc(Nc3ncc(Nc4ccc(CN5CCN(CC)CC5)cn4)c(-c4cc(Nc5ccc(CN6CCN(CC)CC6)cn5)c5nc(C)n(C(C)C)c5c4)n3)nc2)CC1. The van der Waals surface area contributed by atoms with Crippen LogP contribution in [0, 0.1) is 6.92 Å². The van der Waals surface area contributed by atoms with Crippen molar-refractivity contribution in [3.63, 3.8) is 0 Å². The van der Waals surface area contributed by atoms with E-state index in [0.717, 1.165) is 163 Å². The largest absolute Gasteiger partial charge is 0.338 e. The Morgan fingerprint density at radius 1 is 0.493 bits per heavy atom. The third kappa shape index (κ3) is 11.6. The second kappa shape index (κ2) is 21.6. The molecule has 3 aliphatic rings. The van der Waals surface area contributed by atoms with Gasteiger partial charge >= 0.3 is 0 Å². The van der Waals surface area contributed by atoms with Gasteiger partial charge in [-0.25, -0.2) is 29.9 Å². The van der Waals surface area contributed by atoms with E-state index in [9.17, 15) is 0 Å². The first-order chi connectivity index (χ1) is 32.7. The summed E-state index contributed by atoms with van der Waals surface area (Å²) in [5.41, 5.74) is 8.65. The molecule has 9 rings (SSSR count). The van der Waals surface area contributed by atoms with E-state index in [-0.39, 0.29) is 6.04 Å². The maximum Gasteiger partial charge on any atom is 0.229 e. The average Bonchev–Trinajstić information content (AvgIpc) is 3.70. The highest BCUT2D eigenvalue weighted by Gasteiger charge is 2.22. The van der Waals surface area contributed by atoms with Crippen LogP contribution < -0.4 is 16.0 Å². The van der Waals surface area contributed by atoms with Crippen LogP contribution >= 0.6 is 0 Å². The third-order valence-corrected chi connectivity index (χ3v) is 13.7. The normalized spacial score (nSPS) is 17.4. The Hall–Kier alpha value is -5.62. The van der Waals surface area contributed by atoms with Crippen molar-refractivity contribution < 1.29 is 0 Å². The van der Waals surface area contributed by atoms with Crippen molar-refractivity contribution in [1.29, 1.82) is 0 Å². The van der Waals surface area contributed by atoms with E-state index in [4.69, 9.17) is 29.9 Å². The topological polar surface area (TPSA) is 138 Å². The molecule has 1 aromatic carbocycles. The average molecular weight is 907 g/mol. The van der Waals surface area contributed by atoms with Gasteiger partial charge in [0, 0.05) is 128 Å². The highest BCUT2D eigenvalue weighted by atomic mass is 15.3. The van der Waals surface area contributed by atoms with Crippen molar-refractivity contribution in [2.45, 2.75) is 67.2 Å². The quantitative estimate of drug-likeness (QED) is 0.0850. The fourth-order valence-corrected chi connectivity index (χ4v) is 9.68. The van der Waals surface area contributed by atoms with Crippen molar-refractivity contribution in [2.75, 3.05) is 114 Å². The molecule has 0 radical (unpaired) electrons. The number of anilines is 6. The third-order valence-electron chi connectivity index (χ3n) is 13.7. The molecule has 3 saturated heterocycles. The van der Waals surface area contributed by atoms with Crippen molar-refractivity contribution >= 4 is 45.8 Å². The van der Waals surface area contributed by atoms with Crippen LogP contribution in [0.3, 0.4) is 0 Å². The maximum absolute atomic E-state index is 5.23. The summed E-state index contributed by atoms with van der Waals surface area (Å²) < 4.78 is 2.28. The number of fused-ring (bicyclic) bond motifs is 1. The second-order valence-corrected chi connectivity index (χ2v) is 18.6. The molecule has 3 fully saturated rings. The Balaban J connectivity index is 1.01. The van der Waals surface area contributed by atoms with Crippen LogP contribution in [0.2, 0.25) is 0 Å². The Morgan fingerprint density at radius 3 is 1.34 bits per heavy atom. The van der Waals surface area contributed by atoms with Gasteiger partial charge in [-0.3, -0.25) is 14.7 Å². The van der Waals surface area contributed by atoms with Crippen LogP contribution in [0.4, 0.5) is 34.8 Å². The summed E-state index contributed by atoms with van der Waals surface area (Å²) in [6.07, 6.45) is 7.77. The Bertz CT molecular complexity index is 2520. The summed E-state index contributed by atoms with van der Waals surface area (Å²) in [7, 11) is 0. The molecule has 8 heterocycles. The fraction of sp³-hybridized carbons (Fsp3) is 0.490. The summed E-state index contributed by atoms with van der Waals surface area (Å²) >= 11 is 0. The standard InChI is InChI=1S/C51H70N16/c1-7-61-16-22-64(23-17-61)34-39-10-13-46(52-30-39)57-43-28-42(29-45-50(43)56-38(6)67(45)37(4)5)49-44(58-47-14-11-40(31-53-47)35-65-24-18-62(8-2)19-25-65)33-55-51(60-49)59-48-15-12-41(32-54-48)36-66-26-20-63(9-3)21-27-66/h10-15,28-33,37H,7-9,16-27,34-36H2,1-6H3,(H,52,57)(H,53,58)(H,54,55,59,60). The van der Waals surface area contributed by atoms with Crippen molar-refractivity contribution in [1.82, 2.24) is 63.9 Å². The van der Waals surface area contributed by atoms with Gasteiger partial charge in [-0.1, -0.05) is 39.0 Å². The molecule has 0 spiro atoms. The number of nitrogens with zero attached hydrogens (tertiary/aromatic N) is 13. The molecule has 0 aliphatic carbocycles. The molecule has 6 aromatic rings. The van der Waals surface area contributed by atoms with E-state index in [1.807, 2.05) is 30.9 Å². The summed E-state index contributed by atoms with van der Waals surface area (Å²) in [6, 6.07) is 17.1. The number of imidazole rings is 1. The predicted molar refractivity (Wildman–Crippen MR) is 271 cm³/mol. The minimum absolute atomic E-state index is 0.179. The fourth-order valence-electron chi connectivity index (χ4n) is 9.68. The number of aromatic nitrogens is 7. The first-order valence-electron chi connectivity index (χ1n) is 24.6. The van der Waals surface area contributed by atoms with Crippen molar-refractivity contribution in [3.8, 4) is 11.3 Å². The summed E-state index contributed by atoms with van der Waals surface area (Å²) in [4.78, 5) is 44.8. The zero-order valence-electron chi connectivity index (χ0n) is 40.5. The molecule has 354 valence electrons. The van der Waals surface area contributed by atoms with E-state index in [0.29, 0.717) is 17.5 Å². The molecule has 5 aromatic heterocycles. The number of piperazine rings is 3. The molecule has 0 bridgehead atoms. The zero-order chi connectivity index (χ0) is 46.3. The number of aryl methyl sites for hydroxylation is 1. The van der Waals surface area contributed by atoms with Crippen LogP contribution in [0.15, 0.2) is 73.3 Å². The van der Waals surface area contributed by atoms with Gasteiger partial charge in [0.1, 0.15) is 28.8 Å². The van der Waals surface area contributed by atoms with Crippen LogP contribution in [0.25, 0.3) is 22.3 Å². The first kappa shape index (κ1) is 46.5. The van der Waals surface area contributed by atoms with Crippen molar-refractivity contribution in [2.24, 2.45) is 0 Å². The molecule has 0 unspecified atom stereocenters. The van der Waals surface area contributed by atoms with Gasteiger partial charge in [-0.15, -0.1) is 0 Å². The van der Waals surface area contributed by atoms with Gasteiger partial charge in [-0.05, 0) is 87.4 Å². The van der Waals surface area contributed by atoms with Crippen LogP contribution in [0.1, 0.15) is 63.2 Å². The Labute approximate surface area is 396 Å². The Kier molecular flexibility index (Phi) is 15.0. The van der Waals surface area contributed by atoms with Gasteiger partial charge in [0.05, 0.1) is 28.8 Å². The number of pyridine rings is 3.